The highest BCUT2D eigenvalue weighted by atomic mass is 35.5. The summed E-state index contributed by atoms with van der Waals surface area (Å²) in [6, 6.07) is 12.0. The second-order valence-corrected chi connectivity index (χ2v) is 4.70. The molecule has 0 bridgehead atoms. The van der Waals surface area contributed by atoms with Crippen molar-refractivity contribution in [3.8, 4) is 0 Å². The smallest absolute Gasteiger partial charge is 0.130 e. The van der Waals surface area contributed by atoms with Crippen LogP contribution >= 0.6 is 11.6 Å². The zero-order valence-electron chi connectivity index (χ0n) is 9.94. The maximum Gasteiger partial charge on any atom is 0.130 e. The van der Waals surface area contributed by atoms with Gasteiger partial charge in [-0.1, -0.05) is 37.6 Å². The molecule has 88 valence electrons. The van der Waals surface area contributed by atoms with Gasteiger partial charge in [0.2, 0.25) is 0 Å². The number of hydrogen-bond donors (Lipinski definition) is 1. The van der Waals surface area contributed by atoms with Gasteiger partial charge in [-0.25, -0.2) is 4.98 Å². The van der Waals surface area contributed by atoms with Crippen LogP contribution in [0.4, 0.5) is 11.5 Å². The van der Waals surface area contributed by atoms with E-state index in [0.717, 1.165) is 11.5 Å². The molecule has 0 aliphatic heterocycles. The summed E-state index contributed by atoms with van der Waals surface area (Å²) in [6.45, 7) is 4.36. The predicted molar refractivity (Wildman–Crippen MR) is 73.1 cm³/mol. The van der Waals surface area contributed by atoms with E-state index in [1.54, 1.807) is 6.20 Å². The Kier molecular flexibility index (Phi) is 3.64. The number of nitrogens with one attached hydrogen (secondary N) is 1. The number of pyridine rings is 1. The maximum atomic E-state index is 5.79. The zero-order chi connectivity index (χ0) is 12.3. The molecular formula is C14H15ClN2. The molecule has 0 aliphatic carbocycles. The van der Waals surface area contributed by atoms with Crippen molar-refractivity contribution < 1.29 is 0 Å². The van der Waals surface area contributed by atoms with Crippen LogP contribution in [0.3, 0.4) is 0 Å². The number of hydrogen-bond acceptors (Lipinski definition) is 2. The summed E-state index contributed by atoms with van der Waals surface area (Å²) < 4.78 is 0. The number of benzene rings is 1. The monoisotopic (exact) mass is 246 g/mol. The molecule has 0 amide bonds. The van der Waals surface area contributed by atoms with E-state index in [2.05, 4.69) is 36.3 Å². The summed E-state index contributed by atoms with van der Waals surface area (Å²) in [5.74, 6) is 1.32. The Bertz CT molecular complexity index is 492. The zero-order valence-corrected chi connectivity index (χ0v) is 10.7. The van der Waals surface area contributed by atoms with E-state index >= 15 is 0 Å². The van der Waals surface area contributed by atoms with Crippen molar-refractivity contribution in [2.75, 3.05) is 5.32 Å². The third kappa shape index (κ3) is 3.21. The van der Waals surface area contributed by atoms with E-state index < -0.39 is 0 Å². The van der Waals surface area contributed by atoms with E-state index in [0.29, 0.717) is 10.9 Å². The van der Waals surface area contributed by atoms with E-state index in [9.17, 15) is 0 Å². The van der Waals surface area contributed by atoms with Crippen molar-refractivity contribution in [2.45, 2.75) is 19.8 Å². The third-order valence-corrected chi connectivity index (χ3v) is 2.78. The molecule has 2 aromatic rings. The Hall–Kier alpha value is -1.54. The lowest BCUT2D eigenvalue weighted by Crippen LogP contribution is -1.94. The molecule has 0 saturated carbocycles. The Balaban J connectivity index is 2.18. The molecule has 0 radical (unpaired) electrons. The highest BCUT2D eigenvalue weighted by Gasteiger charge is 2.01. The minimum absolute atomic E-state index is 0.523. The van der Waals surface area contributed by atoms with Crippen LogP contribution in [0.25, 0.3) is 0 Å². The molecule has 2 nitrogen and oxygen atoms in total. The van der Waals surface area contributed by atoms with Gasteiger partial charge in [0.05, 0.1) is 5.02 Å². The van der Waals surface area contributed by atoms with Crippen LogP contribution in [-0.2, 0) is 0 Å². The number of anilines is 2. The number of aromatic nitrogens is 1. The lowest BCUT2D eigenvalue weighted by atomic mass is 10.0. The second kappa shape index (κ2) is 5.19. The van der Waals surface area contributed by atoms with Gasteiger partial charge in [0, 0.05) is 11.9 Å². The molecule has 0 fully saturated rings. The molecule has 3 heteroatoms. The topological polar surface area (TPSA) is 24.9 Å². The second-order valence-electron chi connectivity index (χ2n) is 4.27. The third-order valence-electron chi connectivity index (χ3n) is 2.55. The van der Waals surface area contributed by atoms with Gasteiger partial charge in [0.1, 0.15) is 5.82 Å². The van der Waals surface area contributed by atoms with Gasteiger partial charge >= 0.3 is 0 Å². The molecule has 0 saturated heterocycles. The quantitative estimate of drug-likeness (QED) is 0.856. The standard InChI is InChI=1S/C14H15ClN2/c1-10(2)11-4-3-5-13(8-11)17-14-7-6-12(15)9-16-14/h3-10H,1-2H3,(H,16,17). The van der Waals surface area contributed by atoms with E-state index in [4.69, 9.17) is 11.6 Å². The molecular weight excluding hydrogens is 232 g/mol. The first kappa shape index (κ1) is 11.9. The van der Waals surface area contributed by atoms with Crippen molar-refractivity contribution in [3.63, 3.8) is 0 Å². The fourth-order valence-corrected chi connectivity index (χ4v) is 1.68. The summed E-state index contributed by atoms with van der Waals surface area (Å²) in [6.07, 6.45) is 1.64. The van der Waals surface area contributed by atoms with E-state index in [-0.39, 0.29) is 0 Å². The van der Waals surface area contributed by atoms with Crippen molar-refractivity contribution >= 4 is 23.1 Å². The van der Waals surface area contributed by atoms with E-state index in [1.165, 1.54) is 5.56 Å². The van der Waals surface area contributed by atoms with Gasteiger partial charge < -0.3 is 5.32 Å². The molecule has 1 aromatic heterocycles. The molecule has 0 spiro atoms. The van der Waals surface area contributed by atoms with Crippen LogP contribution < -0.4 is 5.32 Å². The predicted octanol–water partition coefficient (Wildman–Crippen LogP) is 4.60. The molecule has 0 aliphatic rings. The molecule has 0 unspecified atom stereocenters. The van der Waals surface area contributed by atoms with Crippen LogP contribution in [0, 0.1) is 0 Å². The first-order chi connectivity index (χ1) is 8.15. The van der Waals surface area contributed by atoms with Gasteiger partial charge in [0.25, 0.3) is 0 Å². The first-order valence-electron chi connectivity index (χ1n) is 5.63. The highest BCUT2D eigenvalue weighted by Crippen LogP contribution is 2.21. The Morgan fingerprint density at radius 1 is 1.18 bits per heavy atom. The summed E-state index contributed by atoms with van der Waals surface area (Å²) in [7, 11) is 0. The van der Waals surface area contributed by atoms with Crippen molar-refractivity contribution in [1.82, 2.24) is 4.98 Å². The molecule has 2 rings (SSSR count). The average Bonchev–Trinajstić information content (AvgIpc) is 2.32. The van der Waals surface area contributed by atoms with Crippen LogP contribution in [0.2, 0.25) is 5.02 Å². The van der Waals surface area contributed by atoms with Gasteiger partial charge in [-0.05, 0) is 35.7 Å². The largest absolute Gasteiger partial charge is 0.340 e. The first-order valence-corrected chi connectivity index (χ1v) is 6.01. The summed E-state index contributed by atoms with van der Waals surface area (Å²) in [4.78, 5) is 4.21. The molecule has 1 aromatic carbocycles. The van der Waals surface area contributed by atoms with Gasteiger partial charge in [-0.2, -0.15) is 0 Å². The lowest BCUT2D eigenvalue weighted by molar-refractivity contribution is 0.867. The van der Waals surface area contributed by atoms with Gasteiger partial charge in [-0.3, -0.25) is 0 Å². The van der Waals surface area contributed by atoms with Crippen LogP contribution in [-0.4, -0.2) is 4.98 Å². The van der Waals surface area contributed by atoms with Crippen molar-refractivity contribution in [1.29, 1.82) is 0 Å². The molecule has 1 N–H and O–H groups in total. The minimum Gasteiger partial charge on any atom is -0.340 e. The fourth-order valence-electron chi connectivity index (χ4n) is 1.57. The number of nitrogens with zero attached hydrogens (tertiary/aromatic N) is 1. The number of halogens is 1. The Morgan fingerprint density at radius 3 is 2.65 bits per heavy atom. The van der Waals surface area contributed by atoms with Crippen LogP contribution in [0.5, 0.6) is 0 Å². The van der Waals surface area contributed by atoms with Crippen molar-refractivity contribution in [3.05, 3.63) is 53.2 Å². The van der Waals surface area contributed by atoms with Crippen LogP contribution in [0.1, 0.15) is 25.3 Å². The summed E-state index contributed by atoms with van der Waals surface area (Å²) in [5.41, 5.74) is 2.36. The Morgan fingerprint density at radius 2 is 2.00 bits per heavy atom. The SMILES string of the molecule is CC(C)c1cccc(Nc2ccc(Cl)cn2)c1. The molecule has 0 atom stereocenters. The van der Waals surface area contributed by atoms with Crippen LogP contribution in [0.15, 0.2) is 42.6 Å². The average molecular weight is 247 g/mol. The highest BCUT2D eigenvalue weighted by molar-refractivity contribution is 6.30. The summed E-state index contributed by atoms with van der Waals surface area (Å²) >= 11 is 5.79. The number of rotatable bonds is 3. The lowest BCUT2D eigenvalue weighted by Gasteiger charge is -2.09. The molecule has 1 heterocycles. The molecule has 17 heavy (non-hydrogen) atoms. The summed E-state index contributed by atoms with van der Waals surface area (Å²) in [5, 5.41) is 3.90. The van der Waals surface area contributed by atoms with Gasteiger partial charge in [-0.15, -0.1) is 0 Å². The van der Waals surface area contributed by atoms with E-state index in [1.807, 2.05) is 24.3 Å². The van der Waals surface area contributed by atoms with Crippen molar-refractivity contribution in [2.24, 2.45) is 0 Å². The normalized spacial score (nSPS) is 10.6. The maximum absolute atomic E-state index is 5.79. The fraction of sp³-hybridized carbons (Fsp3) is 0.214. The Labute approximate surface area is 107 Å². The minimum atomic E-state index is 0.523. The van der Waals surface area contributed by atoms with Gasteiger partial charge in [0.15, 0.2) is 0 Å².